The van der Waals surface area contributed by atoms with Crippen LogP contribution in [0.4, 0.5) is 0 Å². The highest BCUT2D eigenvalue weighted by atomic mass is 31.1. The number of rotatable bonds is 2. The van der Waals surface area contributed by atoms with Crippen LogP contribution in [0.1, 0.15) is 0 Å². The van der Waals surface area contributed by atoms with Crippen LogP contribution in [0.5, 0.6) is 0 Å². The van der Waals surface area contributed by atoms with Gasteiger partial charge in [0.25, 0.3) is 0 Å². The van der Waals surface area contributed by atoms with Gasteiger partial charge < -0.3 is 4.74 Å². The third-order valence-corrected chi connectivity index (χ3v) is 0.192. The van der Waals surface area contributed by atoms with E-state index in [-0.39, 0.29) is 0 Å². The van der Waals surface area contributed by atoms with E-state index in [1.54, 1.807) is 0 Å². The van der Waals surface area contributed by atoms with Crippen LogP contribution in [0.25, 0.3) is 0 Å². The van der Waals surface area contributed by atoms with Gasteiger partial charge in [0.1, 0.15) is 0 Å². The quantitative estimate of drug-likeness (QED) is 0.436. The van der Waals surface area contributed by atoms with E-state index in [4.69, 9.17) is 0 Å². The molecule has 1 atom stereocenters. The minimum Gasteiger partial charge on any atom is -0.474 e. The van der Waals surface area contributed by atoms with Crippen LogP contribution in [0.2, 0.25) is 0 Å². The normalized spacial score (nSPS) is 5.12. The Hall–Kier alpha value is -0.190. The van der Waals surface area contributed by atoms with Crippen molar-refractivity contribution in [2.75, 3.05) is 0 Å². The number of hydrogen-bond acceptors (Lipinski definition) is 2. The lowest BCUT2D eigenvalue weighted by molar-refractivity contribution is 0.406. The molecule has 0 bridgehead atoms. The van der Waals surface area contributed by atoms with E-state index in [1.165, 1.54) is 12.5 Å². The van der Waals surface area contributed by atoms with Gasteiger partial charge in [0.05, 0.1) is 12.5 Å². The summed E-state index contributed by atoms with van der Waals surface area (Å²) < 4.78 is 7.58. The molecule has 0 aliphatic heterocycles. The first-order valence-corrected chi connectivity index (χ1v) is 2.73. The van der Waals surface area contributed by atoms with Crippen LogP contribution in [-0.2, 0) is 4.74 Å². The van der Waals surface area contributed by atoms with Crippen molar-refractivity contribution in [3.63, 3.8) is 0 Å². The molecular weight excluding hydrogens is 140 g/mol. The average molecular weight is 149 g/mol. The van der Waals surface area contributed by atoms with Crippen LogP contribution < -0.4 is 0 Å². The first kappa shape index (κ1) is 10.7. The van der Waals surface area contributed by atoms with E-state index in [0.29, 0.717) is 0 Å². The maximum atomic E-state index is 4.36. The SMILES string of the molecule is C=COC=C.P=NP. The molecule has 0 aliphatic carbocycles. The third-order valence-electron chi connectivity index (χ3n) is 0.192. The summed E-state index contributed by atoms with van der Waals surface area (Å²) in [7, 11) is 4.89. The van der Waals surface area contributed by atoms with Crippen molar-refractivity contribution in [2.24, 2.45) is 4.52 Å². The molecule has 0 saturated carbocycles. The second kappa shape index (κ2) is 15.8. The molecule has 0 aromatic heterocycles. The lowest BCUT2D eigenvalue weighted by Gasteiger charge is -1.76. The average Bonchev–Trinajstić information content (AvgIpc) is 1.71. The van der Waals surface area contributed by atoms with Crippen molar-refractivity contribution in [3.8, 4) is 0 Å². The van der Waals surface area contributed by atoms with Crippen LogP contribution in [0.15, 0.2) is 30.2 Å². The third kappa shape index (κ3) is 41.0. The molecule has 0 saturated heterocycles. The van der Waals surface area contributed by atoms with Gasteiger partial charge >= 0.3 is 0 Å². The zero-order chi connectivity index (χ0) is 6.83. The summed E-state index contributed by atoms with van der Waals surface area (Å²) in [5, 5.41) is 0. The van der Waals surface area contributed by atoms with Gasteiger partial charge in [-0.05, 0) is 18.4 Å². The predicted molar refractivity (Wildman–Crippen MR) is 41.9 cm³/mol. The molecule has 0 fully saturated rings. The van der Waals surface area contributed by atoms with E-state index in [2.05, 4.69) is 40.8 Å². The van der Waals surface area contributed by atoms with E-state index in [0.717, 1.165) is 0 Å². The Morgan fingerprint density at radius 1 is 1.50 bits per heavy atom. The smallest absolute Gasteiger partial charge is 0.0829 e. The molecule has 0 N–H and O–H groups in total. The molecule has 46 valence electrons. The monoisotopic (exact) mass is 149 g/mol. The highest BCUT2D eigenvalue weighted by molar-refractivity contribution is 7.23. The lowest BCUT2D eigenvalue weighted by atomic mass is 11.1. The molecule has 0 rings (SSSR count). The van der Waals surface area contributed by atoms with Crippen molar-refractivity contribution in [1.82, 2.24) is 0 Å². The highest BCUT2D eigenvalue weighted by Crippen LogP contribution is 1.79. The fraction of sp³-hybridized carbons (Fsp3) is 0. The van der Waals surface area contributed by atoms with Crippen molar-refractivity contribution in [3.05, 3.63) is 25.7 Å². The van der Waals surface area contributed by atoms with Crippen molar-refractivity contribution >= 4 is 18.4 Å². The van der Waals surface area contributed by atoms with E-state index >= 15 is 0 Å². The van der Waals surface area contributed by atoms with Gasteiger partial charge in [-0.25, -0.2) is 0 Å². The van der Waals surface area contributed by atoms with Crippen LogP contribution >= 0.6 is 18.4 Å². The standard InChI is InChI=1S/C4H6O.H3NP2/c1-3-5-4-2;2-1-3/h3-4H,1-2H2;2H,3H2. The molecule has 0 aromatic rings. The van der Waals surface area contributed by atoms with Gasteiger partial charge in [-0.15, -0.1) is 0 Å². The number of nitrogens with zero attached hydrogens (tertiary/aromatic N) is 1. The second-order valence-corrected chi connectivity index (χ2v) is 1.63. The molecule has 2 nitrogen and oxygen atoms in total. The zero-order valence-corrected chi connectivity index (χ0v) is 6.66. The molecular formula is C4H9NOP2. The maximum Gasteiger partial charge on any atom is 0.0829 e. The summed E-state index contributed by atoms with van der Waals surface area (Å²) in [5.41, 5.74) is 0. The summed E-state index contributed by atoms with van der Waals surface area (Å²) in [6.07, 6.45) is 2.62. The first-order chi connectivity index (χ1) is 3.83. The van der Waals surface area contributed by atoms with Gasteiger partial charge in [0.2, 0.25) is 0 Å². The summed E-state index contributed by atoms with van der Waals surface area (Å²) in [6, 6.07) is 0. The van der Waals surface area contributed by atoms with Gasteiger partial charge in [0.15, 0.2) is 0 Å². The molecule has 0 aliphatic rings. The second-order valence-electron chi connectivity index (χ2n) is 0.599. The molecule has 0 spiro atoms. The Labute approximate surface area is 54.2 Å². The zero-order valence-electron chi connectivity index (χ0n) is 4.50. The molecule has 8 heavy (non-hydrogen) atoms. The van der Waals surface area contributed by atoms with Crippen LogP contribution in [-0.4, -0.2) is 0 Å². The van der Waals surface area contributed by atoms with Gasteiger partial charge in [-0.3, -0.25) is 4.52 Å². The van der Waals surface area contributed by atoms with Gasteiger partial charge in [-0.1, -0.05) is 13.2 Å². The minimum absolute atomic E-state index is 1.31. The van der Waals surface area contributed by atoms with Gasteiger partial charge in [-0.2, -0.15) is 0 Å². The fourth-order valence-corrected chi connectivity index (χ4v) is 0.0680. The maximum absolute atomic E-state index is 4.36. The van der Waals surface area contributed by atoms with Gasteiger partial charge in [0, 0.05) is 0 Å². The highest BCUT2D eigenvalue weighted by Gasteiger charge is 1.45. The molecule has 0 heterocycles. The predicted octanol–water partition coefficient (Wildman–Crippen LogP) is 2.39. The minimum atomic E-state index is 1.31. The molecule has 0 radical (unpaired) electrons. The van der Waals surface area contributed by atoms with Crippen LogP contribution in [0.3, 0.4) is 0 Å². The Morgan fingerprint density at radius 3 is 1.75 bits per heavy atom. The Kier molecular flexibility index (Phi) is 21.2. The number of ether oxygens (including phenoxy) is 1. The van der Waals surface area contributed by atoms with Crippen molar-refractivity contribution < 1.29 is 4.74 Å². The van der Waals surface area contributed by atoms with Crippen molar-refractivity contribution in [2.45, 2.75) is 0 Å². The van der Waals surface area contributed by atoms with E-state index in [1.807, 2.05) is 0 Å². The molecule has 0 amide bonds. The summed E-state index contributed by atoms with van der Waals surface area (Å²) in [4.78, 5) is 0. The molecule has 1 unspecified atom stereocenters. The molecule has 4 heteroatoms. The van der Waals surface area contributed by atoms with Crippen LogP contribution in [0, 0.1) is 0 Å². The summed E-state index contributed by atoms with van der Waals surface area (Å²) >= 11 is 0. The van der Waals surface area contributed by atoms with E-state index < -0.39 is 0 Å². The summed E-state index contributed by atoms with van der Waals surface area (Å²) in [6.45, 7) is 6.51. The Morgan fingerprint density at radius 2 is 1.75 bits per heavy atom. The van der Waals surface area contributed by atoms with Crippen molar-refractivity contribution in [1.29, 1.82) is 0 Å². The number of hydrogen-bond donors (Lipinski definition) is 0. The Balaban J connectivity index is 0. The fourth-order valence-electron chi connectivity index (χ4n) is 0.0680. The van der Waals surface area contributed by atoms with E-state index in [9.17, 15) is 0 Å². The Bertz CT molecular complexity index is 68.4. The lowest BCUT2D eigenvalue weighted by Crippen LogP contribution is -1.52. The summed E-state index contributed by atoms with van der Waals surface area (Å²) in [5.74, 6) is 0. The molecule has 0 aromatic carbocycles. The largest absolute Gasteiger partial charge is 0.474 e. The topological polar surface area (TPSA) is 21.6 Å². The first-order valence-electron chi connectivity index (χ1n) is 1.77.